The van der Waals surface area contributed by atoms with Gasteiger partial charge in [0.1, 0.15) is 24.1 Å². The Morgan fingerprint density at radius 1 is 1.27 bits per heavy atom. The number of aliphatic hydroxyl groups is 1. The van der Waals surface area contributed by atoms with Crippen molar-refractivity contribution in [2.24, 2.45) is 17.3 Å². The largest absolute Gasteiger partial charge is 0.466 e. The normalized spacial score (nSPS) is 34.6. The van der Waals surface area contributed by atoms with Crippen molar-refractivity contribution in [2.75, 3.05) is 19.5 Å². The molecule has 2 saturated heterocycles. The molecule has 44 heavy (non-hydrogen) atoms. The van der Waals surface area contributed by atoms with Crippen LogP contribution in [0, 0.1) is 17.3 Å². The zero-order valence-corrected chi connectivity index (χ0v) is 24.5. The van der Waals surface area contributed by atoms with E-state index in [4.69, 9.17) is 24.7 Å². The highest BCUT2D eigenvalue weighted by atomic mass is 19.3. The maximum Gasteiger partial charge on any atom is 0.351 e. The average molecular weight is 620 g/mol. The van der Waals surface area contributed by atoms with Gasteiger partial charge in [-0.25, -0.2) is 14.4 Å². The second-order valence-electron chi connectivity index (χ2n) is 11.9. The number of carbonyl (C=O) groups is 3. The third-order valence-electron chi connectivity index (χ3n) is 9.39. The number of anilines is 1. The summed E-state index contributed by atoms with van der Waals surface area (Å²) in [5.41, 5.74) is 3.37. The summed E-state index contributed by atoms with van der Waals surface area (Å²) in [5.74, 6) is -5.60. The molecule has 3 unspecified atom stereocenters. The quantitative estimate of drug-likeness (QED) is 0.199. The van der Waals surface area contributed by atoms with E-state index in [0.29, 0.717) is 35.8 Å². The van der Waals surface area contributed by atoms with Gasteiger partial charge in [0.25, 0.3) is 0 Å². The topological polar surface area (TPSA) is 169 Å². The van der Waals surface area contributed by atoms with E-state index < -0.39 is 59.6 Å². The monoisotopic (exact) mass is 619 g/mol. The number of allylic oxidation sites excluding steroid dienone is 3. The first-order chi connectivity index (χ1) is 20.7. The van der Waals surface area contributed by atoms with E-state index >= 15 is 0 Å². The van der Waals surface area contributed by atoms with E-state index in [1.165, 1.54) is 20.1 Å². The summed E-state index contributed by atoms with van der Waals surface area (Å²) >= 11 is 0. The third kappa shape index (κ3) is 5.34. The van der Waals surface area contributed by atoms with Crippen LogP contribution in [0.1, 0.15) is 52.2 Å². The van der Waals surface area contributed by atoms with Gasteiger partial charge in [-0.1, -0.05) is 18.2 Å². The van der Waals surface area contributed by atoms with E-state index in [0.717, 1.165) is 18.7 Å². The standard InChI is InChI=1S/C30H35F2N3O9/c1-16(23(37)42-15-20-22(36)30(31,32)25(43-20)35-14-10-21(33)34-27(35)40)5-4-11-28(2)18-9-13-29(26(39)44-28)12-8-17(24(38)41-3)6-7-19(18)29/h4-5,8,10-11,14,18-20,22,25,36H,6-7,9,12-13,15H2,1-3H3,(H2,33,34,40)/b11-4+,16-5+/t18?,19?,20?,22-,25+,28+,29-/m0/s1. The summed E-state index contributed by atoms with van der Waals surface area (Å²) in [4.78, 5) is 53.6. The summed E-state index contributed by atoms with van der Waals surface area (Å²) in [6.07, 6.45) is 4.34. The number of nitrogen functional groups attached to an aromatic ring is 1. The number of ether oxygens (including phenoxy) is 4. The molecule has 0 radical (unpaired) electrons. The number of hydrogen-bond donors (Lipinski definition) is 2. The number of methoxy groups -OCH3 is 1. The molecule has 3 N–H and O–H groups in total. The van der Waals surface area contributed by atoms with Crippen LogP contribution in [0.15, 0.2) is 52.5 Å². The number of carbonyl (C=O) groups excluding carboxylic acids is 3. The highest BCUT2D eigenvalue weighted by Gasteiger charge is 2.64. The summed E-state index contributed by atoms with van der Waals surface area (Å²) in [6, 6.07) is 1.13. The number of alkyl halides is 2. The number of esters is 3. The molecule has 0 spiro atoms. The van der Waals surface area contributed by atoms with Gasteiger partial charge in [0.15, 0.2) is 6.10 Å². The predicted molar refractivity (Wildman–Crippen MR) is 149 cm³/mol. The molecule has 3 fully saturated rings. The molecule has 2 aliphatic heterocycles. The Balaban J connectivity index is 1.22. The summed E-state index contributed by atoms with van der Waals surface area (Å²) in [7, 11) is 1.33. The first kappa shape index (κ1) is 31.5. The highest BCUT2D eigenvalue weighted by molar-refractivity contribution is 5.89. The second-order valence-corrected chi connectivity index (χ2v) is 11.9. The number of aromatic nitrogens is 2. The first-order valence-corrected chi connectivity index (χ1v) is 14.3. The van der Waals surface area contributed by atoms with Crippen molar-refractivity contribution in [3.63, 3.8) is 0 Å². The van der Waals surface area contributed by atoms with Crippen LogP contribution in [0.2, 0.25) is 0 Å². The van der Waals surface area contributed by atoms with E-state index in [2.05, 4.69) is 4.98 Å². The Morgan fingerprint density at radius 2 is 2.02 bits per heavy atom. The average Bonchev–Trinajstić information content (AvgIpc) is 3.33. The minimum absolute atomic E-state index is 0.00174. The van der Waals surface area contributed by atoms with Crippen molar-refractivity contribution in [2.45, 2.75) is 75.9 Å². The van der Waals surface area contributed by atoms with Crippen LogP contribution in [0.5, 0.6) is 0 Å². The van der Waals surface area contributed by atoms with Gasteiger partial charge in [0.05, 0.1) is 12.5 Å². The van der Waals surface area contributed by atoms with Crippen LogP contribution in [0.25, 0.3) is 0 Å². The molecule has 4 aliphatic rings. The SMILES string of the molecule is COC(=O)C1=CC[C@]23CCC(C2CC1)[C@@](C)(/C=C/C=C(\C)C(=O)OCC1O[C@@H](n2ccc(N)nc2=O)C(F)(F)[C@H]1O)OC3=O. The van der Waals surface area contributed by atoms with Gasteiger partial charge in [-0.15, -0.1) is 0 Å². The lowest BCUT2D eigenvalue weighted by Crippen LogP contribution is -2.52. The number of hydrogen-bond acceptors (Lipinski definition) is 11. The Bertz CT molecular complexity index is 1500. The number of halogens is 2. The molecule has 1 saturated carbocycles. The number of cyclic esters (lactones) is 1. The Hall–Kier alpha value is -3.91. The fourth-order valence-electron chi connectivity index (χ4n) is 6.94. The lowest BCUT2D eigenvalue weighted by Gasteiger charge is -2.46. The van der Waals surface area contributed by atoms with Gasteiger partial charge >= 0.3 is 29.5 Å². The minimum Gasteiger partial charge on any atom is -0.466 e. The number of aliphatic hydroxyl groups excluding tert-OH is 1. The van der Waals surface area contributed by atoms with E-state index in [9.17, 15) is 33.1 Å². The van der Waals surface area contributed by atoms with E-state index in [1.54, 1.807) is 18.2 Å². The Morgan fingerprint density at radius 3 is 2.73 bits per heavy atom. The van der Waals surface area contributed by atoms with Gasteiger partial charge in [0.2, 0.25) is 6.23 Å². The molecule has 2 aliphatic carbocycles. The van der Waals surface area contributed by atoms with Crippen LogP contribution in [-0.4, -0.2) is 70.0 Å². The summed E-state index contributed by atoms with van der Waals surface area (Å²) in [5, 5.41) is 10.2. The van der Waals surface area contributed by atoms with E-state index in [1.807, 2.05) is 6.92 Å². The van der Waals surface area contributed by atoms with Crippen LogP contribution in [0.4, 0.5) is 14.6 Å². The Kier molecular flexibility index (Phi) is 8.27. The van der Waals surface area contributed by atoms with E-state index in [-0.39, 0.29) is 29.2 Å². The van der Waals surface area contributed by atoms with Gasteiger partial charge in [0, 0.05) is 23.3 Å². The number of nitrogens with zero attached hydrogens (tertiary/aromatic N) is 2. The van der Waals surface area contributed by atoms with Crippen LogP contribution < -0.4 is 11.4 Å². The highest BCUT2D eigenvalue weighted by Crippen LogP contribution is 2.61. The lowest BCUT2D eigenvalue weighted by atomic mass is 9.66. The van der Waals surface area contributed by atoms with Crippen LogP contribution >= 0.6 is 0 Å². The molecule has 0 amide bonds. The molecule has 14 heteroatoms. The molecule has 0 aromatic carbocycles. The Labute approximate surface area is 251 Å². The molecule has 12 nitrogen and oxygen atoms in total. The minimum atomic E-state index is -3.88. The number of rotatable bonds is 7. The van der Waals surface area contributed by atoms with Crippen molar-refractivity contribution < 1.29 is 47.2 Å². The van der Waals surface area contributed by atoms with Crippen molar-refractivity contribution >= 4 is 23.7 Å². The number of nitrogens with two attached hydrogens (primary N) is 1. The smallest absolute Gasteiger partial charge is 0.351 e. The first-order valence-electron chi connectivity index (χ1n) is 14.3. The van der Waals surface area contributed by atoms with Crippen molar-refractivity contribution in [3.8, 4) is 0 Å². The van der Waals surface area contributed by atoms with Crippen molar-refractivity contribution in [3.05, 3.63) is 58.2 Å². The maximum atomic E-state index is 14.8. The fraction of sp³-hybridized carbons (Fsp3) is 0.567. The van der Waals surface area contributed by atoms with Gasteiger partial charge in [-0.2, -0.15) is 13.8 Å². The predicted octanol–water partition coefficient (Wildman–Crippen LogP) is 2.38. The molecular weight excluding hydrogens is 584 g/mol. The lowest BCUT2D eigenvalue weighted by molar-refractivity contribution is -0.187. The van der Waals surface area contributed by atoms with Gasteiger partial charge < -0.3 is 29.8 Å². The summed E-state index contributed by atoms with van der Waals surface area (Å²) < 4.78 is 51.2. The second kappa shape index (κ2) is 11.5. The molecule has 1 aromatic heterocycles. The maximum absolute atomic E-state index is 14.8. The molecule has 7 atom stereocenters. The van der Waals surface area contributed by atoms with Crippen molar-refractivity contribution in [1.29, 1.82) is 0 Å². The molecule has 3 heterocycles. The van der Waals surface area contributed by atoms with Crippen molar-refractivity contribution in [1.82, 2.24) is 9.55 Å². The molecular formula is C30H35F2N3O9. The fourth-order valence-corrected chi connectivity index (χ4v) is 6.94. The van der Waals surface area contributed by atoms with Crippen LogP contribution in [-0.2, 0) is 33.3 Å². The molecule has 1 aromatic rings. The van der Waals surface area contributed by atoms with Crippen LogP contribution in [0.3, 0.4) is 0 Å². The van der Waals surface area contributed by atoms with Gasteiger partial charge in [-0.05, 0) is 64.0 Å². The molecule has 5 rings (SSSR count). The zero-order chi connectivity index (χ0) is 32.0. The zero-order valence-electron chi connectivity index (χ0n) is 24.5. The third-order valence-corrected chi connectivity index (χ3v) is 9.39. The summed E-state index contributed by atoms with van der Waals surface area (Å²) in [6.45, 7) is 2.57. The van der Waals surface area contributed by atoms with Gasteiger partial charge in [-0.3, -0.25) is 9.36 Å². The molecule has 2 bridgehead atoms. The molecule has 238 valence electrons.